The monoisotopic (exact) mass is 715 g/mol. The van der Waals surface area contributed by atoms with E-state index < -0.39 is 8.07 Å². The van der Waals surface area contributed by atoms with Crippen molar-refractivity contribution in [3.05, 3.63) is 200 Å². The topological polar surface area (TPSA) is 3.24 Å². The van der Waals surface area contributed by atoms with Crippen molar-refractivity contribution in [1.29, 1.82) is 0 Å². The van der Waals surface area contributed by atoms with E-state index in [1.807, 2.05) is 23.5 Å². The first-order valence-corrected chi connectivity index (χ1v) is 21.3. The summed E-state index contributed by atoms with van der Waals surface area (Å²) in [6.45, 7) is 0. The van der Waals surface area contributed by atoms with Gasteiger partial charge in [-0.15, -0.1) is 0 Å². The Morgan fingerprint density at radius 2 is 0.712 bits per heavy atom. The van der Waals surface area contributed by atoms with Crippen molar-refractivity contribution in [3.63, 3.8) is 0 Å². The predicted molar refractivity (Wildman–Crippen MR) is 224 cm³/mol. The second-order valence-corrected chi connectivity index (χ2v) is 19.1. The molecule has 0 amide bonds. The third-order valence-corrected chi connectivity index (χ3v) is 18.3. The smallest absolute Gasteiger partial charge is 0.184 e. The Labute approximate surface area is 314 Å². The molecule has 246 valence electrons. The molecule has 0 saturated heterocycles. The van der Waals surface area contributed by atoms with Crippen LogP contribution in [0, 0.1) is 0 Å². The summed E-state index contributed by atoms with van der Waals surface area (Å²) in [5.74, 6) is 0. The van der Waals surface area contributed by atoms with Gasteiger partial charge in [-0.25, -0.2) is 0 Å². The van der Waals surface area contributed by atoms with Crippen molar-refractivity contribution < 1.29 is 0 Å². The molecule has 2 aliphatic rings. The van der Waals surface area contributed by atoms with Crippen LogP contribution in [-0.2, 0) is 0 Å². The number of anilines is 3. The first kappa shape index (κ1) is 31.2. The van der Waals surface area contributed by atoms with Crippen LogP contribution in [0.15, 0.2) is 220 Å². The Hall–Kier alpha value is -5.52. The molecule has 0 fully saturated rings. The van der Waals surface area contributed by atoms with Gasteiger partial charge in [0.15, 0.2) is 8.07 Å². The fraction of sp³-hybridized carbons (Fsp3) is 0. The van der Waals surface area contributed by atoms with Crippen LogP contribution in [0.5, 0.6) is 0 Å². The van der Waals surface area contributed by atoms with Crippen LogP contribution in [0.1, 0.15) is 0 Å². The van der Waals surface area contributed by atoms with Crippen LogP contribution in [0.3, 0.4) is 0 Å². The summed E-state index contributed by atoms with van der Waals surface area (Å²) in [6.07, 6.45) is 0. The zero-order valence-electron chi connectivity index (χ0n) is 28.3. The first-order valence-electron chi connectivity index (χ1n) is 17.7. The molecule has 0 aliphatic carbocycles. The highest BCUT2D eigenvalue weighted by Crippen LogP contribution is 2.44. The van der Waals surface area contributed by atoms with Gasteiger partial charge in [0.25, 0.3) is 0 Å². The lowest BCUT2D eigenvalue weighted by Crippen LogP contribution is -2.78. The van der Waals surface area contributed by atoms with Crippen molar-refractivity contribution in [2.24, 2.45) is 0 Å². The Balaban J connectivity index is 1.22. The molecule has 4 heteroatoms. The lowest BCUT2D eigenvalue weighted by atomic mass is 9.97. The third-order valence-electron chi connectivity index (χ3n) is 10.3. The molecule has 0 atom stereocenters. The maximum atomic E-state index is 2.47. The number of fused-ring (bicyclic) bond motifs is 8. The number of hydrogen-bond acceptors (Lipinski definition) is 3. The van der Waals surface area contributed by atoms with Gasteiger partial charge in [0.05, 0.1) is 0 Å². The summed E-state index contributed by atoms with van der Waals surface area (Å²) in [6, 6.07) is 74.1. The van der Waals surface area contributed by atoms with Crippen LogP contribution in [0.4, 0.5) is 17.1 Å². The fourth-order valence-corrected chi connectivity index (χ4v) is 17.3. The Kier molecular flexibility index (Phi) is 7.75. The standard InChI is InChI=1S/C48H33NS2Si/c1-4-16-34(17-5-1)36-30-37(35-18-6-2-7-19-35)32-40(31-36)49(38-20-8-3-9-21-38)39-28-29-48-44(33-39)51-43-24-12-15-27-47(43)52(48)45-25-13-10-22-41(45)50-42-23-11-14-26-46(42)52/h1-33H. The molecule has 52 heavy (non-hydrogen) atoms. The Morgan fingerprint density at radius 1 is 0.288 bits per heavy atom. The molecule has 0 bridgehead atoms. The van der Waals surface area contributed by atoms with Crippen molar-refractivity contribution in [3.8, 4) is 22.3 Å². The molecule has 0 saturated carbocycles. The highest BCUT2D eigenvalue weighted by molar-refractivity contribution is 8.01. The van der Waals surface area contributed by atoms with Gasteiger partial charge in [0, 0.05) is 36.6 Å². The molecule has 0 radical (unpaired) electrons. The summed E-state index contributed by atoms with van der Waals surface area (Å²) in [7, 11) is -2.64. The van der Waals surface area contributed by atoms with Gasteiger partial charge >= 0.3 is 0 Å². The molecule has 8 aromatic rings. The molecule has 1 spiro atoms. The van der Waals surface area contributed by atoms with Crippen LogP contribution in [-0.4, -0.2) is 8.07 Å². The van der Waals surface area contributed by atoms with Gasteiger partial charge in [0.1, 0.15) is 0 Å². The summed E-state index contributed by atoms with van der Waals surface area (Å²) in [4.78, 5) is 7.89. The van der Waals surface area contributed by atoms with E-state index in [-0.39, 0.29) is 0 Å². The maximum absolute atomic E-state index is 2.64. The normalized spacial score (nSPS) is 13.4. The van der Waals surface area contributed by atoms with Gasteiger partial charge in [-0.2, -0.15) is 0 Å². The predicted octanol–water partition coefficient (Wildman–Crippen LogP) is 10.8. The van der Waals surface area contributed by atoms with E-state index in [0.29, 0.717) is 0 Å². The second kappa shape index (κ2) is 12.9. The molecule has 0 unspecified atom stereocenters. The van der Waals surface area contributed by atoms with E-state index in [0.717, 1.165) is 17.1 Å². The van der Waals surface area contributed by atoms with Crippen LogP contribution in [0.25, 0.3) is 22.3 Å². The zero-order chi connectivity index (χ0) is 34.5. The van der Waals surface area contributed by atoms with Crippen LogP contribution in [0.2, 0.25) is 0 Å². The fourth-order valence-electron chi connectivity index (χ4n) is 8.11. The van der Waals surface area contributed by atoms with Gasteiger partial charge in [0.2, 0.25) is 0 Å². The zero-order valence-corrected chi connectivity index (χ0v) is 30.9. The lowest BCUT2D eigenvalue weighted by molar-refractivity contribution is 1.26. The van der Waals surface area contributed by atoms with E-state index in [9.17, 15) is 0 Å². The molecule has 1 nitrogen and oxygen atoms in total. The van der Waals surface area contributed by atoms with E-state index in [4.69, 9.17) is 0 Å². The van der Waals surface area contributed by atoms with Gasteiger partial charge in [-0.3, -0.25) is 0 Å². The average Bonchev–Trinajstić information content (AvgIpc) is 3.22. The average molecular weight is 716 g/mol. The largest absolute Gasteiger partial charge is 0.310 e. The van der Waals surface area contributed by atoms with Crippen molar-refractivity contribution >= 4 is 69.4 Å². The minimum Gasteiger partial charge on any atom is -0.310 e. The van der Waals surface area contributed by atoms with Crippen LogP contribution < -0.4 is 25.6 Å². The lowest BCUT2D eigenvalue weighted by Gasteiger charge is -2.44. The number of nitrogens with zero attached hydrogens (tertiary/aromatic N) is 1. The molecule has 10 rings (SSSR count). The van der Waals surface area contributed by atoms with Crippen molar-refractivity contribution in [1.82, 2.24) is 0 Å². The van der Waals surface area contributed by atoms with Crippen molar-refractivity contribution in [2.75, 3.05) is 4.90 Å². The molecular formula is C48H33NS2Si. The van der Waals surface area contributed by atoms with Gasteiger partial charge in [-0.05, 0) is 104 Å². The maximum Gasteiger partial charge on any atom is 0.184 e. The summed E-state index contributed by atoms with van der Waals surface area (Å²) in [5, 5.41) is 5.94. The van der Waals surface area contributed by atoms with Crippen LogP contribution >= 0.6 is 23.5 Å². The summed E-state index contributed by atoms with van der Waals surface area (Å²) >= 11 is 3.84. The number of hydrogen-bond donors (Lipinski definition) is 0. The quantitative estimate of drug-likeness (QED) is 0.163. The summed E-state index contributed by atoms with van der Waals surface area (Å²) < 4.78 is 0. The molecule has 2 aliphatic heterocycles. The number of benzene rings is 8. The minimum absolute atomic E-state index is 1.13. The molecule has 0 N–H and O–H groups in total. The number of rotatable bonds is 5. The Bertz CT molecular complexity index is 2470. The highest BCUT2D eigenvalue weighted by Gasteiger charge is 2.51. The third kappa shape index (κ3) is 5.09. The molecule has 8 aromatic carbocycles. The Morgan fingerprint density at radius 3 is 1.23 bits per heavy atom. The SMILES string of the molecule is c1ccc(-c2cc(-c3ccccc3)cc(N(c3ccccc3)c3ccc4c(c3)Sc3ccccc3[Si]43c4ccccc4Sc4ccccc43)c2)cc1. The van der Waals surface area contributed by atoms with Crippen molar-refractivity contribution in [2.45, 2.75) is 19.6 Å². The van der Waals surface area contributed by atoms with E-state index in [1.165, 1.54) is 62.6 Å². The van der Waals surface area contributed by atoms with Gasteiger partial charge < -0.3 is 4.90 Å². The number of para-hydroxylation sites is 1. The molecular weight excluding hydrogens is 683 g/mol. The van der Waals surface area contributed by atoms with E-state index in [1.54, 1.807) is 0 Å². The minimum atomic E-state index is -2.64. The summed E-state index contributed by atoms with van der Waals surface area (Å²) in [5.41, 5.74) is 8.20. The van der Waals surface area contributed by atoms with E-state index in [2.05, 4.69) is 205 Å². The first-order chi connectivity index (χ1) is 25.8. The van der Waals surface area contributed by atoms with E-state index >= 15 is 0 Å². The highest BCUT2D eigenvalue weighted by atomic mass is 32.2. The molecule has 0 aromatic heterocycles. The van der Waals surface area contributed by atoms with Gasteiger partial charge in [-0.1, -0.05) is 163 Å². The second-order valence-electron chi connectivity index (χ2n) is 13.3. The molecule has 2 heterocycles.